The van der Waals surface area contributed by atoms with Crippen LogP contribution in [0.3, 0.4) is 0 Å². The van der Waals surface area contributed by atoms with Gasteiger partial charge in [0.25, 0.3) is 0 Å². The second kappa shape index (κ2) is 11.6. The third-order valence-electron chi connectivity index (χ3n) is 5.68. The Morgan fingerprint density at radius 1 is 1.18 bits per heavy atom. The standard InChI is InChI=1S/C22H36N2O4/c1-26-21-6-5-19(15-23-14-18-7-11-27-12-8-18)13-22(21)28-17-20(25)16-24-9-3-2-4-10-24/h5-6,13,18,20,23,25H,2-4,7-12,14-17H2,1H3/t20-/m0/s1. The van der Waals surface area contributed by atoms with Gasteiger partial charge in [0.05, 0.1) is 7.11 Å². The van der Waals surface area contributed by atoms with E-state index in [1.807, 2.05) is 12.1 Å². The summed E-state index contributed by atoms with van der Waals surface area (Å²) in [6, 6.07) is 6.02. The molecule has 0 bridgehead atoms. The molecule has 0 radical (unpaired) electrons. The summed E-state index contributed by atoms with van der Waals surface area (Å²) in [5.41, 5.74) is 1.16. The van der Waals surface area contributed by atoms with Gasteiger partial charge in [-0.05, 0) is 68.9 Å². The van der Waals surface area contributed by atoms with Crippen molar-refractivity contribution in [2.45, 2.75) is 44.8 Å². The predicted molar refractivity (Wildman–Crippen MR) is 110 cm³/mol. The molecule has 1 aromatic rings. The fourth-order valence-electron chi connectivity index (χ4n) is 3.99. The Balaban J connectivity index is 1.46. The fraction of sp³-hybridized carbons (Fsp3) is 0.727. The average molecular weight is 393 g/mol. The van der Waals surface area contributed by atoms with E-state index < -0.39 is 6.10 Å². The van der Waals surface area contributed by atoms with Gasteiger partial charge in [-0.2, -0.15) is 0 Å². The number of benzene rings is 1. The molecule has 28 heavy (non-hydrogen) atoms. The molecule has 6 heteroatoms. The highest BCUT2D eigenvalue weighted by Crippen LogP contribution is 2.28. The Labute approximate surface area is 169 Å². The summed E-state index contributed by atoms with van der Waals surface area (Å²) in [5, 5.41) is 13.9. The summed E-state index contributed by atoms with van der Waals surface area (Å²) in [6.07, 6.45) is 5.54. The van der Waals surface area contributed by atoms with Gasteiger partial charge >= 0.3 is 0 Å². The van der Waals surface area contributed by atoms with E-state index in [-0.39, 0.29) is 6.61 Å². The molecule has 0 spiro atoms. The lowest BCUT2D eigenvalue weighted by Crippen LogP contribution is -2.38. The van der Waals surface area contributed by atoms with Gasteiger partial charge < -0.3 is 29.5 Å². The number of hydrogen-bond donors (Lipinski definition) is 2. The van der Waals surface area contributed by atoms with Crippen molar-refractivity contribution in [1.82, 2.24) is 10.2 Å². The maximum absolute atomic E-state index is 10.4. The fourth-order valence-corrected chi connectivity index (χ4v) is 3.99. The monoisotopic (exact) mass is 392 g/mol. The SMILES string of the molecule is COc1ccc(CNCC2CCOCC2)cc1OC[C@@H](O)CN1CCCCC1. The molecule has 0 aliphatic carbocycles. The lowest BCUT2D eigenvalue weighted by atomic mass is 10.0. The maximum atomic E-state index is 10.4. The minimum Gasteiger partial charge on any atom is -0.493 e. The van der Waals surface area contributed by atoms with E-state index >= 15 is 0 Å². The zero-order valence-corrected chi connectivity index (χ0v) is 17.2. The maximum Gasteiger partial charge on any atom is 0.161 e. The third kappa shape index (κ3) is 6.92. The Morgan fingerprint density at radius 3 is 2.71 bits per heavy atom. The molecule has 0 saturated carbocycles. The van der Waals surface area contributed by atoms with Crippen LogP contribution in [-0.4, -0.2) is 69.2 Å². The number of nitrogens with one attached hydrogen (secondary N) is 1. The number of hydrogen-bond acceptors (Lipinski definition) is 6. The zero-order valence-electron chi connectivity index (χ0n) is 17.2. The molecule has 2 aliphatic heterocycles. The Kier molecular flexibility index (Phi) is 8.86. The van der Waals surface area contributed by atoms with Gasteiger partial charge in [-0.15, -0.1) is 0 Å². The van der Waals surface area contributed by atoms with Gasteiger partial charge in [-0.25, -0.2) is 0 Å². The lowest BCUT2D eigenvalue weighted by molar-refractivity contribution is 0.0608. The molecule has 2 fully saturated rings. The van der Waals surface area contributed by atoms with E-state index in [1.54, 1.807) is 7.11 Å². The first-order chi connectivity index (χ1) is 13.7. The van der Waals surface area contributed by atoms with Gasteiger partial charge in [0, 0.05) is 26.3 Å². The van der Waals surface area contributed by atoms with Crippen molar-refractivity contribution in [2.24, 2.45) is 5.92 Å². The molecule has 1 atom stereocenters. The third-order valence-corrected chi connectivity index (χ3v) is 5.68. The van der Waals surface area contributed by atoms with Crippen molar-refractivity contribution < 1.29 is 19.3 Å². The van der Waals surface area contributed by atoms with Crippen molar-refractivity contribution in [1.29, 1.82) is 0 Å². The highest BCUT2D eigenvalue weighted by molar-refractivity contribution is 5.43. The molecule has 158 valence electrons. The van der Waals surface area contributed by atoms with Crippen molar-refractivity contribution >= 4 is 0 Å². The van der Waals surface area contributed by atoms with Crippen LogP contribution >= 0.6 is 0 Å². The number of aliphatic hydroxyl groups is 1. The van der Waals surface area contributed by atoms with Crippen LogP contribution in [0.15, 0.2) is 18.2 Å². The van der Waals surface area contributed by atoms with E-state index in [2.05, 4.69) is 16.3 Å². The number of nitrogens with zero attached hydrogens (tertiary/aromatic N) is 1. The van der Waals surface area contributed by atoms with E-state index in [9.17, 15) is 5.11 Å². The molecular formula is C22H36N2O4. The summed E-state index contributed by atoms with van der Waals surface area (Å²) < 4.78 is 16.8. The van der Waals surface area contributed by atoms with E-state index in [0.717, 1.165) is 57.8 Å². The van der Waals surface area contributed by atoms with Crippen molar-refractivity contribution in [3.05, 3.63) is 23.8 Å². The van der Waals surface area contributed by atoms with Crippen LogP contribution in [0.4, 0.5) is 0 Å². The highest BCUT2D eigenvalue weighted by atomic mass is 16.5. The number of methoxy groups -OCH3 is 1. The number of β-amino-alcohol motifs (C(OH)–C–C–N with tert-alkyl or cyclic N) is 1. The van der Waals surface area contributed by atoms with Crippen LogP contribution in [0.1, 0.15) is 37.7 Å². The van der Waals surface area contributed by atoms with Gasteiger partial charge in [0.15, 0.2) is 11.5 Å². The van der Waals surface area contributed by atoms with Gasteiger partial charge in [0.1, 0.15) is 12.7 Å². The smallest absolute Gasteiger partial charge is 0.161 e. The van der Waals surface area contributed by atoms with E-state index in [1.165, 1.54) is 19.3 Å². The highest BCUT2D eigenvalue weighted by Gasteiger charge is 2.16. The molecule has 0 amide bonds. The van der Waals surface area contributed by atoms with Crippen LogP contribution in [0.5, 0.6) is 11.5 Å². The largest absolute Gasteiger partial charge is 0.493 e. The molecule has 2 saturated heterocycles. The summed E-state index contributed by atoms with van der Waals surface area (Å²) in [6.45, 7) is 6.69. The zero-order chi connectivity index (χ0) is 19.6. The van der Waals surface area contributed by atoms with Gasteiger partial charge in [-0.1, -0.05) is 12.5 Å². The number of likely N-dealkylation sites (tertiary alicyclic amines) is 1. The van der Waals surface area contributed by atoms with Crippen LogP contribution in [-0.2, 0) is 11.3 Å². The summed E-state index contributed by atoms with van der Waals surface area (Å²) >= 11 is 0. The first kappa shape index (κ1) is 21.4. The second-order valence-corrected chi connectivity index (χ2v) is 8.00. The van der Waals surface area contributed by atoms with Crippen LogP contribution in [0, 0.1) is 5.92 Å². The van der Waals surface area contributed by atoms with Crippen LogP contribution in [0.2, 0.25) is 0 Å². The van der Waals surface area contributed by atoms with Crippen LogP contribution < -0.4 is 14.8 Å². The molecule has 0 aromatic heterocycles. The summed E-state index contributed by atoms with van der Waals surface area (Å²) in [5.74, 6) is 2.11. The van der Waals surface area contributed by atoms with Crippen molar-refractivity contribution in [3.8, 4) is 11.5 Å². The number of piperidine rings is 1. The normalized spacial score (nSPS) is 20.1. The minimum atomic E-state index is -0.488. The van der Waals surface area contributed by atoms with Crippen molar-refractivity contribution in [2.75, 3.05) is 53.1 Å². The molecule has 6 nitrogen and oxygen atoms in total. The molecular weight excluding hydrogens is 356 g/mol. The summed E-state index contributed by atoms with van der Waals surface area (Å²) in [4.78, 5) is 2.32. The first-order valence-electron chi connectivity index (χ1n) is 10.7. The average Bonchev–Trinajstić information content (AvgIpc) is 2.74. The predicted octanol–water partition coefficient (Wildman–Crippen LogP) is 2.44. The number of aliphatic hydroxyl groups excluding tert-OH is 1. The van der Waals surface area contributed by atoms with Gasteiger partial charge in [-0.3, -0.25) is 0 Å². The number of rotatable bonds is 10. The van der Waals surface area contributed by atoms with E-state index in [0.29, 0.717) is 24.0 Å². The Hall–Kier alpha value is -1.34. The second-order valence-electron chi connectivity index (χ2n) is 8.00. The molecule has 2 aliphatic rings. The Bertz CT molecular complexity index is 572. The Morgan fingerprint density at radius 2 is 1.96 bits per heavy atom. The molecule has 3 rings (SSSR count). The first-order valence-corrected chi connectivity index (χ1v) is 10.7. The van der Waals surface area contributed by atoms with Crippen LogP contribution in [0.25, 0.3) is 0 Å². The summed E-state index contributed by atoms with van der Waals surface area (Å²) in [7, 11) is 1.65. The van der Waals surface area contributed by atoms with E-state index in [4.69, 9.17) is 14.2 Å². The van der Waals surface area contributed by atoms with Gasteiger partial charge in [0.2, 0.25) is 0 Å². The molecule has 2 N–H and O–H groups in total. The molecule has 0 unspecified atom stereocenters. The lowest BCUT2D eigenvalue weighted by Gasteiger charge is -2.28. The minimum absolute atomic E-state index is 0.284. The topological polar surface area (TPSA) is 63.2 Å². The quantitative estimate of drug-likeness (QED) is 0.638. The number of ether oxygens (including phenoxy) is 3. The molecule has 1 aromatic carbocycles. The molecule has 2 heterocycles. The van der Waals surface area contributed by atoms with Crippen molar-refractivity contribution in [3.63, 3.8) is 0 Å².